The van der Waals surface area contributed by atoms with Crippen molar-refractivity contribution in [2.45, 2.75) is 19.4 Å². The van der Waals surface area contributed by atoms with Gasteiger partial charge < -0.3 is 14.7 Å². The molecule has 1 unspecified atom stereocenters. The Kier molecular flexibility index (Phi) is 4.66. The molecule has 0 fully saturated rings. The highest BCUT2D eigenvalue weighted by atomic mass is 19.1. The molecule has 8 heteroatoms. The summed E-state index contributed by atoms with van der Waals surface area (Å²) in [6.07, 6.45) is 3.55. The molecule has 0 aliphatic carbocycles. The smallest absolute Gasteiger partial charge is 0.203 e. The van der Waals surface area contributed by atoms with Gasteiger partial charge in [-0.3, -0.25) is 4.79 Å². The van der Waals surface area contributed by atoms with Crippen LogP contribution in [0.3, 0.4) is 0 Å². The minimum absolute atomic E-state index is 0.0586. The van der Waals surface area contributed by atoms with E-state index in [9.17, 15) is 9.18 Å². The second-order valence-electron chi connectivity index (χ2n) is 7.08. The zero-order chi connectivity index (χ0) is 21.4. The number of H-pyrrole nitrogens is 1. The van der Waals surface area contributed by atoms with Crippen LogP contribution < -0.4 is 10.7 Å². The van der Waals surface area contributed by atoms with Crippen molar-refractivity contribution in [1.82, 2.24) is 19.9 Å². The Hall–Kier alpha value is -4.07. The topological polar surface area (TPSA) is 96.7 Å². The van der Waals surface area contributed by atoms with Crippen molar-refractivity contribution >= 4 is 28.0 Å². The lowest BCUT2D eigenvalue weighted by Crippen LogP contribution is -2.18. The van der Waals surface area contributed by atoms with Crippen LogP contribution in [0.25, 0.3) is 33.3 Å². The highest BCUT2D eigenvalue weighted by Gasteiger charge is 2.25. The van der Waals surface area contributed by atoms with Crippen molar-refractivity contribution in [3.63, 3.8) is 0 Å². The molecule has 0 spiro atoms. The Balaban J connectivity index is 1.74. The SMILES string of the molecule is CCC(Nc1ncnc2[nH]cnc12)c1oc2cccc(F)c2c(=O)c1-c1ccccc1. The summed E-state index contributed by atoms with van der Waals surface area (Å²) in [5.41, 5.74) is 1.95. The van der Waals surface area contributed by atoms with Gasteiger partial charge in [0.05, 0.1) is 17.9 Å². The fraction of sp³-hybridized carbons (Fsp3) is 0.130. The van der Waals surface area contributed by atoms with Crippen LogP contribution in [-0.4, -0.2) is 19.9 Å². The predicted octanol–water partition coefficient (Wildman–Crippen LogP) is 4.83. The Morgan fingerprint density at radius 1 is 1.10 bits per heavy atom. The van der Waals surface area contributed by atoms with E-state index in [1.54, 1.807) is 12.4 Å². The molecule has 0 amide bonds. The molecule has 0 radical (unpaired) electrons. The maximum Gasteiger partial charge on any atom is 0.203 e. The van der Waals surface area contributed by atoms with Crippen molar-refractivity contribution in [2.75, 3.05) is 5.32 Å². The molecule has 0 saturated heterocycles. The van der Waals surface area contributed by atoms with Crippen molar-refractivity contribution in [2.24, 2.45) is 0 Å². The molecule has 1 atom stereocenters. The lowest BCUT2D eigenvalue weighted by molar-refractivity contribution is 0.493. The van der Waals surface area contributed by atoms with Crippen molar-refractivity contribution < 1.29 is 8.81 Å². The minimum atomic E-state index is -0.606. The third kappa shape index (κ3) is 3.22. The normalized spacial score (nSPS) is 12.3. The lowest BCUT2D eigenvalue weighted by atomic mass is 9.97. The third-order valence-corrected chi connectivity index (χ3v) is 5.21. The summed E-state index contributed by atoms with van der Waals surface area (Å²) in [6.45, 7) is 1.96. The van der Waals surface area contributed by atoms with Gasteiger partial charge in [-0.25, -0.2) is 19.3 Å². The van der Waals surface area contributed by atoms with Crippen LogP contribution >= 0.6 is 0 Å². The van der Waals surface area contributed by atoms with Gasteiger partial charge >= 0.3 is 0 Å². The number of aromatic nitrogens is 4. The maximum atomic E-state index is 14.5. The number of imidazole rings is 1. The van der Waals surface area contributed by atoms with Gasteiger partial charge in [-0.15, -0.1) is 0 Å². The molecular weight excluding hydrogens is 397 g/mol. The summed E-state index contributed by atoms with van der Waals surface area (Å²) >= 11 is 0. The van der Waals surface area contributed by atoms with E-state index in [4.69, 9.17) is 4.42 Å². The first-order valence-corrected chi connectivity index (χ1v) is 9.88. The number of halogens is 1. The Morgan fingerprint density at radius 3 is 2.74 bits per heavy atom. The van der Waals surface area contributed by atoms with Crippen molar-refractivity contribution in [1.29, 1.82) is 0 Å². The number of fused-ring (bicyclic) bond motifs is 2. The summed E-state index contributed by atoms with van der Waals surface area (Å²) in [4.78, 5) is 29.1. The summed E-state index contributed by atoms with van der Waals surface area (Å²) in [5.74, 6) is 0.322. The first-order valence-electron chi connectivity index (χ1n) is 9.88. The highest BCUT2D eigenvalue weighted by Crippen LogP contribution is 2.33. The van der Waals surface area contributed by atoms with Crippen LogP contribution in [0, 0.1) is 5.82 Å². The van der Waals surface area contributed by atoms with E-state index in [1.165, 1.54) is 18.5 Å². The quantitative estimate of drug-likeness (QED) is 0.427. The molecule has 2 aromatic carbocycles. The standard InChI is InChI=1S/C23H18FN5O2/c1-2-15(29-23-19-22(26-11-25-19)27-12-28-23)21-17(13-7-4-3-5-8-13)20(30)18-14(24)9-6-10-16(18)31-21/h3-12,15H,2H2,1H3,(H2,25,26,27,28,29). The van der Waals surface area contributed by atoms with Crippen LogP contribution in [-0.2, 0) is 0 Å². The monoisotopic (exact) mass is 415 g/mol. The van der Waals surface area contributed by atoms with Crippen LogP contribution in [0.4, 0.5) is 10.2 Å². The number of hydrogen-bond acceptors (Lipinski definition) is 6. The summed E-state index contributed by atoms with van der Waals surface area (Å²) in [6, 6.07) is 13.1. The molecule has 3 aromatic heterocycles. The van der Waals surface area contributed by atoms with E-state index in [0.717, 1.165) is 0 Å². The molecule has 2 N–H and O–H groups in total. The first-order chi connectivity index (χ1) is 15.2. The van der Waals surface area contributed by atoms with Gasteiger partial charge in [0.1, 0.15) is 34.4 Å². The molecule has 0 aliphatic rings. The maximum absolute atomic E-state index is 14.5. The zero-order valence-corrected chi connectivity index (χ0v) is 16.6. The number of rotatable bonds is 5. The van der Waals surface area contributed by atoms with Crippen LogP contribution in [0.2, 0.25) is 0 Å². The van der Waals surface area contributed by atoms with Gasteiger partial charge in [-0.1, -0.05) is 43.3 Å². The molecule has 5 aromatic rings. The number of nitrogens with one attached hydrogen (secondary N) is 2. The van der Waals surface area contributed by atoms with E-state index in [1.807, 2.05) is 37.3 Å². The van der Waals surface area contributed by atoms with E-state index < -0.39 is 17.3 Å². The highest BCUT2D eigenvalue weighted by molar-refractivity contribution is 5.85. The lowest BCUT2D eigenvalue weighted by Gasteiger charge is -2.20. The zero-order valence-electron chi connectivity index (χ0n) is 16.6. The Labute approximate surface area is 176 Å². The molecular formula is C23H18FN5O2. The van der Waals surface area contributed by atoms with Crippen molar-refractivity contribution in [3.8, 4) is 11.1 Å². The first kappa shape index (κ1) is 18.9. The van der Waals surface area contributed by atoms with E-state index in [-0.39, 0.29) is 11.0 Å². The average molecular weight is 415 g/mol. The average Bonchev–Trinajstić information content (AvgIpc) is 3.27. The Morgan fingerprint density at radius 2 is 1.94 bits per heavy atom. The van der Waals surface area contributed by atoms with Gasteiger partial charge in [0, 0.05) is 0 Å². The molecule has 5 rings (SSSR count). The number of nitrogens with zero attached hydrogens (tertiary/aromatic N) is 3. The van der Waals surface area contributed by atoms with Gasteiger partial charge in [-0.2, -0.15) is 0 Å². The molecule has 154 valence electrons. The van der Waals surface area contributed by atoms with Gasteiger partial charge in [0.2, 0.25) is 5.43 Å². The van der Waals surface area contributed by atoms with Crippen LogP contribution in [0.5, 0.6) is 0 Å². The molecule has 0 bridgehead atoms. The fourth-order valence-corrected chi connectivity index (χ4v) is 3.73. The van der Waals surface area contributed by atoms with E-state index in [0.29, 0.717) is 40.3 Å². The van der Waals surface area contributed by atoms with E-state index >= 15 is 0 Å². The second kappa shape index (κ2) is 7.64. The summed E-state index contributed by atoms with van der Waals surface area (Å²) in [5, 5.41) is 3.27. The van der Waals surface area contributed by atoms with Gasteiger partial charge in [0.25, 0.3) is 0 Å². The number of benzene rings is 2. The molecule has 3 heterocycles. The predicted molar refractivity (Wildman–Crippen MR) is 116 cm³/mol. The fourth-order valence-electron chi connectivity index (χ4n) is 3.73. The third-order valence-electron chi connectivity index (χ3n) is 5.21. The van der Waals surface area contributed by atoms with Gasteiger partial charge in [-0.05, 0) is 24.1 Å². The van der Waals surface area contributed by atoms with Crippen LogP contribution in [0.15, 0.2) is 70.4 Å². The molecule has 0 aliphatic heterocycles. The number of hydrogen-bond donors (Lipinski definition) is 2. The molecule has 7 nitrogen and oxygen atoms in total. The van der Waals surface area contributed by atoms with Crippen LogP contribution in [0.1, 0.15) is 25.1 Å². The van der Waals surface area contributed by atoms with Gasteiger partial charge in [0.15, 0.2) is 11.5 Å². The molecule has 0 saturated carbocycles. The number of aromatic amines is 1. The Bertz CT molecular complexity index is 1450. The van der Waals surface area contributed by atoms with E-state index in [2.05, 4.69) is 25.3 Å². The molecule has 31 heavy (non-hydrogen) atoms. The second-order valence-corrected chi connectivity index (χ2v) is 7.08. The minimum Gasteiger partial charge on any atom is -0.458 e. The summed E-state index contributed by atoms with van der Waals surface area (Å²) in [7, 11) is 0. The van der Waals surface area contributed by atoms with Crippen molar-refractivity contribution in [3.05, 3.63) is 83.0 Å². The largest absolute Gasteiger partial charge is 0.458 e. The number of anilines is 1. The summed E-state index contributed by atoms with van der Waals surface area (Å²) < 4.78 is 20.7.